The number of benzene rings is 1. The molecule has 1 aromatic carbocycles. The predicted molar refractivity (Wildman–Crippen MR) is 112 cm³/mol. The van der Waals surface area contributed by atoms with Crippen molar-refractivity contribution >= 4 is 15.9 Å². The number of nitrogens with zero attached hydrogens (tertiary/aromatic N) is 2. The van der Waals surface area contributed by atoms with Gasteiger partial charge in [0, 0.05) is 38.0 Å². The summed E-state index contributed by atoms with van der Waals surface area (Å²) in [7, 11) is -3.48. The van der Waals surface area contributed by atoms with Crippen LogP contribution in [0.5, 0.6) is 0 Å². The monoisotopic (exact) mass is 420 g/mol. The molecule has 0 bridgehead atoms. The predicted octanol–water partition coefficient (Wildman–Crippen LogP) is 0.569. The molecule has 6 nitrogen and oxygen atoms in total. The molecule has 0 aromatic heterocycles. The van der Waals surface area contributed by atoms with Gasteiger partial charge >= 0.3 is 0 Å². The third-order valence-electron chi connectivity index (χ3n) is 6.78. The van der Waals surface area contributed by atoms with Crippen molar-refractivity contribution in [1.82, 2.24) is 9.21 Å². The summed E-state index contributed by atoms with van der Waals surface area (Å²) in [5, 5.41) is 0. The van der Waals surface area contributed by atoms with Crippen LogP contribution in [0.2, 0.25) is 0 Å². The van der Waals surface area contributed by atoms with Gasteiger partial charge in [-0.1, -0.05) is 19.9 Å². The molecule has 2 saturated heterocycles. The lowest BCUT2D eigenvalue weighted by Gasteiger charge is -2.36. The van der Waals surface area contributed by atoms with Crippen LogP contribution in [0, 0.1) is 11.8 Å². The lowest BCUT2D eigenvalue weighted by molar-refractivity contribution is -0.904. The molecule has 1 N–H and O–H groups in total. The number of amides is 1. The quantitative estimate of drug-likeness (QED) is 0.775. The molecule has 1 aromatic rings. The minimum Gasteiger partial charge on any atom is -0.335 e. The molecule has 3 atom stereocenters. The number of aryl methyl sites for hydroxylation is 2. The van der Waals surface area contributed by atoms with E-state index < -0.39 is 10.0 Å². The fourth-order valence-electron chi connectivity index (χ4n) is 5.43. The van der Waals surface area contributed by atoms with Crippen LogP contribution in [0.15, 0.2) is 23.1 Å². The van der Waals surface area contributed by atoms with Gasteiger partial charge in [0.25, 0.3) is 5.91 Å². The summed E-state index contributed by atoms with van der Waals surface area (Å²) in [6.45, 7) is 8.92. The number of piperazine rings is 1. The van der Waals surface area contributed by atoms with Crippen LogP contribution in [0.4, 0.5) is 0 Å². The van der Waals surface area contributed by atoms with Crippen molar-refractivity contribution in [2.45, 2.75) is 44.4 Å². The van der Waals surface area contributed by atoms with E-state index in [4.69, 9.17) is 0 Å². The van der Waals surface area contributed by atoms with E-state index in [9.17, 15) is 13.2 Å². The zero-order chi connectivity index (χ0) is 20.6. The SMILES string of the molecule is C[C@@H]1C[C@H](C)C[NH+](CC(=O)N2CCN(S(=O)(=O)c3ccc4c(c3)CCC4)CC2)C1. The number of nitrogens with one attached hydrogen (secondary N) is 1. The molecule has 29 heavy (non-hydrogen) atoms. The third kappa shape index (κ3) is 4.52. The fourth-order valence-corrected chi connectivity index (χ4v) is 6.90. The van der Waals surface area contributed by atoms with Crippen LogP contribution in [-0.2, 0) is 27.7 Å². The average Bonchev–Trinajstić information content (AvgIpc) is 3.15. The van der Waals surface area contributed by atoms with Gasteiger partial charge in [0.05, 0.1) is 18.0 Å². The van der Waals surface area contributed by atoms with Crippen LogP contribution in [-0.4, -0.2) is 69.3 Å². The minimum atomic E-state index is -3.48. The van der Waals surface area contributed by atoms with Gasteiger partial charge < -0.3 is 9.80 Å². The summed E-state index contributed by atoms with van der Waals surface area (Å²) in [4.78, 5) is 16.4. The summed E-state index contributed by atoms with van der Waals surface area (Å²) in [5.41, 5.74) is 2.45. The Bertz CT molecular complexity index is 852. The second-order valence-electron chi connectivity index (χ2n) is 9.35. The molecule has 0 spiro atoms. The van der Waals surface area contributed by atoms with Gasteiger partial charge in [-0.05, 0) is 48.9 Å². The summed E-state index contributed by atoms with van der Waals surface area (Å²) >= 11 is 0. The Kier molecular flexibility index (Phi) is 6.00. The normalized spacial score (nSPS) is 28.3. The number of quaternary nitrogens is 1. The molecule has 3 aliphatic rings. The summed E-state index contributed by atoms with van der Waals surface area (Å²) in [6.07, 6.45) is 4.37. The van der Waals surface area contributed by atoms with Crippen molar-refractivity contribution in [2.24, 2.45) is 11.8 Å². The molecule has 1 unspecified atom stereocenters. The average molecular weight is 421 g/mol. The molecule has 1 aliphatic carbocycles. The van der Waals surface area contributed by atoms with Gasteiger partial charge in [-0.25, -0.2) is 8.42 Å². The molecule has 0 radical (unpaired) electrons. The number of likely N-dealkylation sites (tertiary alicyclic amines) is 1. The van der Waals surface area contributed by atoms with E-state index in [0.29, 0.717) is 49.5 Å². The summed E-state index contributed by atoms with van der Waals surface area (Å²) in [6, 6.07) is 5.58. The number of carbonyl (C=O) groups excluding carboxylic acids is 1. The Morgan fingerprint density at radius 3 is 2.38 bits per heavy atom. The van der Waals surface area contributed by atoms with Crippen LogP contribution in [0.25, 0.3) is 0 Å². The Morgan fingerprint density at radius 2 is 1.69 bits per heavy atom. The maximum absolute atomic E-state index is 13.1. The maximum Gasteiger partial charge on any atom is 0.277 e. The molecule has 2 heterocycles. The van der Waals surface area contributed by atoms with E-state index in [1.165, 1.54) is 22.4 Å². The highest BCUT2D eigenvalue weighted by Crippen LogP contribution is 2.26. The van der Waals surface area contributed by atoms with Gasteiger partial charge in [-0.15, -0.1) is 0 Å². The largest absolute Gasteiger partial charge is 0.335 e. The first-order valence-electron chi connectivity index (χ1n) is 11.1. The Hall–Kier alpha value is -1.44. The van der Waals surface area contributed by atoms with E-state index in [2.05, 4.69) is 13.8 Å². The molecule has 7 heteroatoms. The highest BCUT2D eigenvalue weighted by molar-refractivity contribution is 7.89. The third-order valence-corrected chi connectivity index (χ3v) is 8.67. The zero-order valence-electron chi connectivity index (χ0n) is 17.7. The maximum atomic E-state index is 13.1. The highest BCUT2D eigenvalue weighted by atomic mass is 32.2. The van der Waals surface area contributed by atoms with E-state index in [-0.39, 0.29) is 5.91 Å². The van der Waals surface area contributed by atoms with Gasteiger partial charge in [0.15, 0.2) is 6.54 Å². The van der Waals surface area contributed by atoms with E-state index >= 15 is 0 Å². The van der Waals surface area contributed by atoms with E-state index in [1.807, 2.05) is 17.0 Å². The van der Waals surface area contributed by atoms with Gasteiger partial charge in [-0.3, -0.25) is 4.79 Å². The second-order valence-corrected chi connectivity index (χ2v) is 11.3. The molecule has 2 aliphatic heterocycles. The summed E-state index contributed by atoms with van der Waals surface area (Å²) < 4.78 is 27.7. The smallest absolute Gasteiger partial charge is 0.277 e. The van der Waals surface area contributed by atoms with Crippen molar-refractivity contribution in [3.05, 3.63) is 29.3 Å². The topological polar surface area (TPSA) is 62.1 Å². The lowest BCUT2D eigenvalue weighted by atomic mass is 9.92. The molecule has 1 amide bonds. The van der Waals surface area contributed by atoms with Gasteiger partial charge in [0.1, 0.15) is 0 Å². The molecular weight excluding hydrogens is 386 g/mol. The fraction of sp³-hybridized carbons (Fsp3) is 0.682. The lowest BCUT2D eigenvalue weighted by Crippen LogP contribution is -3.15. The van der Waals surface area contributed by atoms with Crippen molar-refractivity contribution in [3.8, 4) is 0 Å². The highest BCUT2D eigenvalue weighted by Gasteiger charge is 2.33. The first-order chi connectivity index (χ1) is 13.8. The van der Waals surface area contributed by atoms with Gasteiger partial charge in [-0.2, -0.15) is 4.31 Å². The van der Waals surface area contributed by atoms with Crippen molar-refractivity contribution < 1.29 is 18.1 Å². The van der Waals surface area contributed by atoms with Gasteiger partial charge in [0.2, 0.25) is 10.0 Å². The number of hydrogen-bond donors (Lipinski definition) is 1. The van der Waals surface area contributed by atoms with Crippen molar-refractivity contribution in [3.63, 3.8) is 0 Å². The van der Waals surface area contributed by atoms with E-state index in [0.717, 1.165) is 32.4 Å². The molecule has 160 valence electrons. The van der Waals surface area contributed by atoms with Crippen LogP contribution < -0.4 is 4.90 Å². The van der Waals surface area contributed by atoms with Crippen molar-refractivity contribution in [2.75, 3.05) is 45.8 Å². The number of rotatable bonds is 4. The van der Waals surface area contributed by atoms with Crippen molar-refractivity contribution in [1.29, 1.82) is 0 Å². The molecular formula is C22H34N3O3S+. The Balaban J connectivity index is 1.34. The number of fused-ring (bicyclic) bond motifs is 1. The second kappa shape index (κ2) is 8.36. The van der Waals surface area contributed by atoms with Crippen LogP contribution in [0.3, 0.4) is 0 Å². The number of carbonyl (C=O) groups is 1. The first kappa shape index (κ1) is 20.8. The number of sulfonamides is 1. The zero-order valence-corrected chi connectivity index (χ0v) is 18.5. The molecule has 4 rings (SSSR count). The molecule has 0 saturated carbocycles. The minimum absolute atomic E-state index is 0.163. The van der Waals surface area contributed by atoms with E-state index in [1.54, 1.807) is 10.4 Å². The molecule has 2 fully saturated rings. The standard InChI is InChI=1S/C22H33N3O3S/c1-17-12-18(2)15-23(14-17)16-22(26)24-8-10-25(11-9-24)29(27,28)21-7-6-19-4-3-5-20(19)13-21/h6-7,13,17-18H,3-5,8-12,14-16H2,1-2H3/p+1/t17-,18+. The number of hydrogen-bond acceptors (Lipinski definition) is 3. The van der Waals surface area contributed by atoms with Crippen LogP contribution >= 0.6 is 0 Å². The Morgan fingerprint density at radius 1 is 1.03 bits per heavy atom. The number of piperidine rings is 1. The van der Waals surface area contributed by atoms with Crippen LogP contribution in [0.1, 0.15) is 37.8 Å². The first-order valence-corrected chi connectivity index (χ1v) is 12.5. The summed E-state index contributed by atoms with van der Waals surface area (Å²) in [5.74, 6) is 1.49. The Labute approximate surface area is 174 Å².